The van der Waals surface area contributed by atoms with Crippen molar-refractivity contribution in [2.75, 3.05) is 33.3 Å². The van der Waals surface area contributed by atoms with E-state index >= 15 is 0 Å². The van der Waals surface area contributed by atoms with Crippen molar-refractivity contribution in [3.63, 3.8) is 0 Å². The number of hydrogen-bond acceptors (Lipinski definition) is 5. The predicted molar refractivity (Wildman–Crippen MR) is 95.7 cm³/mol. The lowest BCUT2D eigenvalue weighted by molar-refractivity contribution is -0.384. The molecule has 1 aromatic carbocycles. The molecule has 0 N–H and O–H groups in total. The van der Waals surface area contributed by atoms with E-state index in [0.29, 0.717) is 11.7 Å². The Balaban J connectivity index is 1.95. The third-order valence-electron chi connectivity index (χ3n) is 4.42. The largest absolute Gasteiger partial charge is 0.484 e. The molecule has 0 bridgehead atoms. The highest BCUT2D eigenvalue weighted by Gasteiger charge is 2.27. The second kappa shape index (κ2) is 8.80. The van der Waals surface area contributed by atoms with Crippen LogP contribution in [-0.2, 0) is 4.79 Å². The zero-order valence-electron chi connectivity index (χ0n) is 15.2. The Morgan fingerprint density at radius 1 is 1.32 bits per heavy atom. The standard InChI is InChI=1S/C18H27N3O4/c1-14(2)12-20(15-8-10-19(3)11-9-15)18(22)13-25-17-6-4-16(5-7-17)21(23)24/h4-7,14-15H,8-13H2,1-3H3. The van der Waals surface area contributed by atoms with Crippen LogP contribution in [0.4, 0.5) is 5.69 Å². The van der Waals surface area contributed by atoms with Crippen molar-refractivity contribution in [1.29, 1.82) is 0 Å². The van der Waals surface area contributed by atoms with Crippen LogP contribution in [0.1, 0.15) is 26.7 Å². The van der Waals surface area contributed by atoms with Crippen LogP contribution in [0.2, 0.25) is 0 Å². The summed E-state index contributed by atoms with van der Waals surface area (Å²) in [6.07, 6.45) is 1.96. The number of benzene rings is 1. The number of nitrogens with zero attached hydrogens (tertiary/aromatic N) is 3. The van der Waals surface area contributed by atoms with E-state index in [1.807, 2.05) is 4.90 Å². The highest BCUT2D eigenvalue weighted by atomic mass is 16.6. The first-order chi connectivity index (χ1) is 11.9. The van der Waals surface area contributed by atoms with Gasteiger partial charge in [-0.15, -0.1) is 0 Å². The lowest BCUT2D eigenvalue weighted by Crippen LogP contribution is -2.49. The molecule has 1 aliphatic rings. The third-order valence-corrected chi connectivity index (χ3v) is 4.42. The second-order valence-electron chi connectivity index (χ2n) is 7.01. The van der Waals surface area contributed by atoms with Gasteiger partial charge in [-0.2, -0.15) is 0 Å². The van der Waals surface area contributed by atoms with Crippen LogP contribution in [0.5, 0.6) is 5.75 Å². The smallest absolute Gasteiger partial charge is 0.269 e. The predicted octanol–water partition coefficient (Wildman–Crippen LogP) is 2.55. The molecule has 0 saturated carbocycles. The van der Waals surface area contributed by atoms with Gasteiger partial charge in [0.2, 0.25) is 0 Å². The van der Waals surface area contributed by atoms with Gasteiger partial charge in [0.25, 0.3) is 11.6 Å². The monoisotopic (exact) mass is 349 g/mol. The molecule has 0 aliphatic carbocycles. The summed E-state index contributed by atoms with van der Waals surface area (Å²) >= 11 is 0. The Hall–Kier alpha value is -2.15. The number of likely N-dealkylation sites (tertiary alicyclic amines) is 1. The van der Waals surface area contributed by atoms with Crippen molar-refractivity contribution >= 4 is 11.6 Å². The van der Waals surface area contributed by atoms with E-state index in [-0.39, 0.29) is 24.2 Å². The molecule has 1 amide bonds. The van der Waals surface area contributed by atoms with E-state index in [2.05, 4.69) is 25.8 Å². The summed E-state index contributed by atoms with van der Waals surface area (Å²) in [7, 11) is 2.10. The van der Waals surface area contributed by atoms with Crippen molar-refractivity contribution in [2.24, 2.45) is 5.92 Å². The molecule has 7 nitrogen and oxygen atoms in total. The van der Waals surface area contributed by atoms with Crippen LogP contribution in [0, 0.1) is 16.0 Å². The molecule has 0 spiro atoms. The van der Waals surface area contributed by atoms with Gasteiger partial charge >= 0.3 is 0 Å². The number of carbonyl (C=O) groups is 1. The minimum absolute atomic E-state index is 0.00596. The van der Waals surface area contributed by atoms with Gasteiger partial charge in [-0.3, -0.25) is 14.9 Å². The Morgan fingerprint density at radius 3 is 2.44 bits per heavy atom. The van der Waals surface area contributed by atoms with E-state index in [4.69, 9.17) is 4.74 Å². The van der Waals surface area contributed by atoms with Gasteiger partial charge in [0.05, 0.1) is 4.92 Å². The van der Waals surface area contributed by atoms with E-state index in [9.17, 15) is 14.9 Å². The quantitative estimate of drug-likeness (QED) is 0.558. The molecule has 1 heterocycles. The number of ether oxygens (including phenoxy) is 1. The fourth-order valence-corrected chi connectivity index (χ4v) is 3.05. The first kappa shape index (κ1) is 19.2. The van der Waals surface area contributed by atoms with E-state index in [1.165, 1.54) is 24.3 Å². The van der Waals surface area contributed by atoms with Crippen LogP contribution in [0.3, 0.4) is 0 Å². The first-order valence-electron chi connectivity index (χ1n) is 8.72. The maximum absolute atomic E-state index is 12.7. The third kappa shape index (κ3) is 5.70. The van der Waals surface area contributed by atoms with Crippen LogP contribution in [0.25, 0.3) is 0 Å². The highest BCUT2D eigenvalue weighted by Crippen LogP contribution is 2.20. The molecule has 1 fully saturated rings. The van der Waals surface area contributed by atoms with Crippen LogP contribution in [0.15, 0.2) is 24.3 Å². The topological polar surface area (TPSA) is 75.9 Å². The molecule has 0 radical (unpaired) electrons. The zero-order valence-corrected chi connectivity index (χ0v) is 15.2. The van der Waals surface area contributed by atoms with E-state index in [0.717, 1.165) is 32.5 Å². The maximum Gasteiger partial charge on any atom is 0.269 e. The average molecular weight is 349 g/mol. The van der Waals surface area contributed by atoms with Gasteiger partial charge in [0.15, 0.2) is 6.61 Å². The molecule has 2 rings (SSSR count). The Bertz CT molecular complexity index is 580. The second-order valence-corrected chi connectivity index (χ2v) is 7.01. The SMILES string of the molecule is CC(C)CN(C(=O)COc1ccc([N+](=O)[O-])cc1)C1CCN(C)CC1. The van der Waals surface area contributed by atoms with E-state index < -0.39 is 4.92 Å². The number of rotatable bonds is 7. The molecule has 138 valence electrons. The summed E-state index contributed by atoms with van der Waals surface area (Å²) in [6, 6.07) is 6.05. The zero-order chi connectivity index (χ0) is 18.4. The van der Waals surface area contributed by atoms with Gasteiger partial charge in [-0.25, -0.2) is 0 Å². The lowest BCUT2D eigenvalue weighted by atomic mass is 10.0. The van der Waals surface area contributed by atoms with Crippen LogP contribution < -0.4 is 4.74 Å². The molecule has 1 aliphatic heterocycles. The fraction of sp³-hybridized carbons (Fsp3) is 0.611. The Labute approximate surface area is 148 Å². The van der Waals surface area contributed by atoms with Crippen molar-refractivity contribution < 1.29 is 14.5 Å². The number of non-ortho nitro benzene ring substituents is 1. The summed E-state index contributed by atoms with van der Waals surface area (Å²) in [6.45, 7) is 6.87. The molecule has 0 unspecified atom stereocenters. The highest BCUT2D eigenvalue weighted by molar-refractivity contribution is 5.78. The molecular weight excluding hydrogens is 322 g/mol. The number of piperidine rings is 1. The molecule has 1 saturated heterocycles. The number of nitro groups is 1. The summed E-state index contributed by atoms with van der Waals surface area (Å²) < 4.78 is 5.55. The van der Waals surface area contributed by atoms with Crippen LogP contribution in [-0.4, -0.2) is 60.0 Å². The van der Waals surface area contributed by atoms with Gasteiger partial charge in [-0.05, 0) is 51.0 Å². The van der Waals surface area contributed by atoms with Crippen molar-refractivity contribution in [2.45, 2.75) is 32.7 Å². The number of amides is 1. The van der Waals surface area contributed by atoms with Gasteiger partial charge in [0.1, 0.15) is 5.75 Å². The molecule has 7 heteroatoms. The summed E-state index contributed by atoms with van der Waals surface area (Å²) in [4.78, 5) is 27.1. The van der Waals surface area contributed by atoms with Gasteiger partial charge < -0.3 is 14.5 Å². The minimum atomic E-state index is -0.459. The number of nitro benzene ring substituents is 1. The first-order valence-corrected chi connectivity index (χ1v) is 8.72. The summed E-state index contributed by atoms with van der Waals surface area (Å²) in [5.41, 5.74) is 0.00596. The molecule has 25 heavy (non-hydrogen) atoms. The molecular formula is C18H27N3O4. The van der Waals surface area contributed by atoms with Crippen molar-refractivity contribution in [1.82, 2.24) is 9.80 Å². The summed E-state index contributed by atoms with van der Waals surface area (Å²) in [5, 5.41) is 10.7. The van der Waals surface area contributed by atoms with Crippen molar-refractivity contribution in [3.8, 4) is 5.75 Å². The number of carbonyl (C=O) groups excluding carboxylic acids is 1. The number of hydrogen-bond donors (Lipinski definition) is 0. The van der Waals surface area contributed by atoms with E-state index in [1.54, 1.807) is 0 Å². The average Bonchev–Trinajstić information content (AvgIpc) is 2.58. The normalized spacial score (nSPS) is 16.0. The van der Waals surface area contributed by atoms with Crippen molar-refractivity contribution in [3.05, 3.63) is 34.4 Å². The Kier molecular flexibility index (Phi) is 6.75. The van der Waals surface area contributed by atoms with Crippen LogP contribution >= 0.6 is 0 Å². The summed E-state index contributed by atoms with van der Waals surface area (Å²) in [5.74, 6) is 0.830. The molecule has 1 aromatic rings. The maximum atomic E-state index is 12.7. The van der Waals surface area contributed by atoms with Gasteiger partial charge in [-0.1, -0.05) is 13.8 Å². The molecule has 0 atom stereocenters. The lowest BCUT2D eigenvalue weighted by Gasteiger charge is -2.38. The minimum Gasteiger partial charge on any atom is -0.484 e. The Morgan fingerprint density at radius 2 is 1.92 bits per heavy atom. The van der Waals surface area contributed by atoms with Gasteiger partial charge in [0, 0.05) is 24.7 Å². The fourth-order valence-electron chi connectivity index (χ4n) is 3.05. The molecule has 0 aromatic heterocycles.